The first kappa shape index (κ1) is 13.7. The molecule has 0 aromatic heterocycles. The fourth-order valence-electron chi connectivity index (χ4n) is 1.59. The highest BCUT2D eigenvalue weighted by Gasteiger charge is 2.13. The number of carbonyl (C=O) groups excluding carboxylic acids is 1. The molecule has 0 aliphatic rings. The molecule has 0 heterocycles. The molecule has 2 rings (SSSR count). The van der Waals surface area contributed by atoms with E-state index in [1.165, 1.54) is 6.07 Å². The first-order chi connectivity index (χ1) is 9.60. The number of hydrogen-bond acceptors (Lipinski definition) is 3. The Hall–Kier alpha value is -2.74. The van der Waals surface area contributed by atoms with E-state index in [-0.39, 0.29) is 5.56 Å². The molecule has 0 saturated carbocycles. The minimum Gasteiger partial charge on any atom is -0.485 e. The van der Waals surface area contributed by atoms with Gasteiger partial charge in [-0.1, -0.05) is 6.07 Å². The number of Topliss-reactive ketones (excluding diaryl/α,β-unsaturated/α-hetero) is 1. The first-order valence-electron chi connectivity index (χ1n) is 5.71. The zero-order valence-corrected chi connectivity index (χ0v) is 10.3. The number of carbonyl (C=O) groups is 1. The lowest BCUT2D eigenvalue weighted by molar-refractivity contribution is 0.0917. The lowest BCUT2D eigenvalue weighted by atomic mass is 10.1. The molecule has 0 atom stereocenters. The third kappa shape index (κ3) is 3.18. The molecule has 0 spiro atoms. The van der Waals surface area contributed by atoms with Gasteiger partial charge in [0.2, 0.25) is 5.78 Å². The summed E-state index contributed by atoms with van der Waals surface area (Å²) in [5.41, 5.74) is 0.0216. The average molecular weight is 273 g/mol. The Kier molecular flexibility index (Phi) is 4.06. The second-order valence-electron chi connectivity index (χ2n) is 3.98. The molecule has 0 amide bonds. The van der Waals surface area contributed by atoms with Gasteiger partial charge in [-0.25, -0.2) is 8.78 Å². The molecule has 0 unspecified atom stereocenters. The Balaban J connectivity index is 2.09. The molecule has 0 N–H and O–H groups in total. The third-order valence-electron chi connectivity index (χ3n) is 2.56. The summed E-state index contributed by atoms with van der Waals surface area (Å²) in [4.78, 5) is 11.7. The van der Waals surface area contributed by atoms with Gasteiger partial charge in [0.1, 0.15) is 17.4 Å². The number of halogens is 2. The fraction of sp³-hybridized carbons (Fsp3) is 0.0667. The predicted molar refractivity (Wildman–Crippen MR) is 67.3 cm³/mol. The van der Waals surface area contributed by atoms with E-state index >= 15 is 0 Å². The lowest BCUT2D eigenvalue weighted by Gasteiger charge is -2.06. The molecule has 0 aliphatic heterocycles. The van der Waals surface area contributed by atoms with Crippen molar-refractivity contribution in [1.82, 2.24) is 0 Å². The van der Waals surface area contributed by atoms with Crippen LogP contribution < -0.4 is 4.74 Å². The molecule has 2 aromatic rings. The number of ketones is 1. The number of rotatable bonds is 4. The third-order valence-corrected chi connectivity index (χ3v) is 2.56. The van der Waals surface area contributed by atoms with Crippen LogP contribution in [0.1, 0.15) is 15.9 Å². The minimum atomic E-state index is -0.800. The zero-order valence-electron chi connectivity index (χ0n) is 10.3. The summed E-state index contributed by atoms with van der Waals surface area (Å²) in [5.74, 6) is -1.86. The fourth-order valence-corrected chi connectivity index (χ4v) is 1.59. The second kappa shape index (κ2) is 5.93. The Bertz CT molecular complexity index is 693. The van der Waals surface area contributed by atoms with Crippen LogP contribution in [0, 0.1) is 23.0 Å². The molecular formula is C15H9F2NO2. The smallest absolute Gasteiger partial charge is 0.203 e. The van der Waals surface area contributed by atoms with Gasteiger partial charge in [0.05, 0.1) is 17.2 Å². The quantitative estimate of drug-likeness (QED) is 0.804. The maximum atomic E-state index is 13.4. The van der Waals surface area contributed by atoms with Crippen molar-refractivity contribution in [2.45, 2.75) is 0 Å². The maximum Gasteiger partial charge on any atom is 0.203 e. The highest BCUT2D eigenvalue weighted by molar-refractivity contribution is 5.97. The van der Waals surface area contributed by atoms with Crippen LogP contribution in [0.5, 0.6) is 5.75 Å². The second-order valence-corrected chi connectivity index (χ2v) is 3.98. The highest BCUT2D eigenvalue weighted by atomic mass is 19.1. The molecule has 0 saturated heterocycles. The zero-order chi connectivity index (χ0) is 14.5. The van der Waals surface area contributed by atoms with Gasteiger partial charge in [0, 0.05) is 0 Å². The average Bonchev–Trinajstić information content (AvgIpc) is 2.47. The molecule has 2 aromatic carbocycles. The van der Waals surface area contributed by atoms with Gasteiger partial charge >= 0.3 is 0 Å². The molecule has 100 valence electrons. The standard InChI is InChI=1S/C15H9F2NO2/c16-11-4-5-14(17)13(7-11)15(19)9-20-12-3-1-2-10(6-12)8-18/h1-7H,9H2. The van der Waals surface area contributed by atoms with Crippen LogP contribution in [0.3, 0.4) is 0 Å². The van der Waals surface area contributed by atoms with Crippen molar-refractivity contribution in [2.24, 2.45) is 0 Å². The topological polar surface area (TPSA) is 50.1 Å². The van der Waals surface area contributed by atoms with Crippen molar-refractivity contribution in [1.29, 1.82) is 5.26 Å². The van der Waals surface area contributed by atoms with E-state index < -0.39 is 24.0 Å². The molecule has 0 fully saturated rings. The van der Waals surface area contributed by atoms with Crippen LogP contribution in [0.2, 0.25) is 0 Å². The van der Waals surface area contributed by atoms with Gasteiger partial charge in [0.15, 0.2) is 6.61 Å². The molecule has 20 heavy (non-hydrogen) atoms. The summed E-state index contributed by atoms with van der Waals surface area (Å²) in [7, 11) is 0. The van der Waals surface area contributed by atoms with Crippen molar-refractivity contribution in [3.05, 3.63) is 65.2 Å². The van der Waals surface area contributed by atoms with Crippen molar-refractivity contribution in [3.63, 3.8) is 0 Å². The number of ether oxygens (including phenoxy) is 1. The first-order valence-corrected chi connectivity index (χ1v) is 5.71. The largest absolute Gasteiger partial charge is 0.485 e. The van der Waals surface area contributed by atoms with Gasteiger partial charge in [-0.2, -0.15) is 5.26 Å². The Morgan fingerprint density at radius 2 is 2.00 bits per heavy atom. The van der Waals surface area contributed by atoms with Gasteiger partial charge in [0.25, 0.3) is 0 Å². The van der Waals surface area contributed by atoms with Crippen LogP contribution >= 0.6 is 0 Å². The number of nitrogens with zero attached hydrogens (tertiary/aromatic N) is 1. The summed E-state index contributed by atoms with van der Waals surface area (Å²) in [6.45, 7) is -0.435. The predicted octanol–water partition coefficient (Wildman–Crippen LogP) is 3.10. The van der Waals surface area contributed by atoms with E-state index in [4.69, 9.17) is 10.00 Å². The summed E-state index contributed by atoms with van der Waals surface area (Å²) in [5, 5.41) is 8.72. The van der Waals surface area contributed by atoms with Crippen LogP contribution in [0.15, 0.2) is 42.5 Å². The van der Waals surface area contributed by atoms with Crippen LogP contribution in [0.25, 0.3) is 0 Å². The van der Waals surface area contributed by atoms with Crippen molar-refractivity contribution in [2.75, 3.05) is 6.61 Å². The summed E-state index contributed by atoms with van der Waals surface area (Å²) in [6, 6.07) is 10.8. The van der Waals surface area contributed by atoms with Crippen molar-refractivity contribution < 1.29 is 18.3 Å². The van der Waals surface area contributed by atoms with E-state index in [2.05, 4.69) is 0 Å². The number of benzene rings is 2. The Morgan fingerprint density at radius 1 is 1.20 bits per heavy atom. The molecule has 0 radical (unpaired) electrons. The van der Waals surface area contributed by atoms with Crippen molar-refractivity contribution >= 4 is 5.78 Å². The van der Waals surface area contributed by atoms with E-state index in [1.54, 1.807) is 18.2 Å². The molecule has 0 bridgehead atoms. The Labute approximate surface area is 114 Å². The van der Waals surface area contributed by atoms with Gasteiger partial charge in [-0.15, -0.1) is 0 Å². The molecule has 3 nitrogen and oxygen atoms in total. The van der Waals surface area contributed by atoms with Crippen LogP contribution in [0.4, 0.5) is 8.78 Å². The minimum absolute atomic E-state index is 0.314. The SMILES string of the molecule is N#Cc1cccc(OCC(=O)c2cc(F)ccc2F)c1. The van der Waals surface area contributed by atoms with E-state index in [1.807, 2.05) is 6.07 Å². The molecule has 5 heteroatoms. The Morgan fingerprint density at radius 3 is 2.75 bits per heavy atom. The highest BCUT2D eigenvalue weighted by Crippen LogP contribution is 2.14. The van der Waals surface area contributed by atoms with Gasteiger partial charge in [-0.05, 0) is 36.4 Å². The van der Waals surface area contributed by atoms with Gasteiger partial charge < -0.3 is 4.74 Å². The maximum absolute atomic E-state index is 13.4. The van der Waals surface area contributed by atoms with Crippen LogP contribution in [-0.4, -0.2) is 12.4 Å². The molecule has 0 aliphatic carbocycles. The summed E-state index contributed by atoms with van der Waals surface area (Å²) in [6.07, 6.45) is 0. The number of hydrogen-bond donors (Lipinski definition) is 0. The normalized spacial score (nSPS) is 9.85. The lowest BCUT2D eigenvalue weighted by Crippen LogP contribution is -2.13. The van der Waals surface area contributed by atoms with E-state index in [0.717, 1.165) is 18.2 Å². The monoisotopic (exact) mass is 273 g/mol. The van der Waals surface area contributed by atoms with Crippen molar-refractivity contribution in [3.8, 4) is 11.8 Å². The van der Waals surface area contributed by atoms with E-state index in [9.17, 15) is 13.6 Å². The summed E-state index contributed by atoms with van der Waals surface area (Å²) < 4.78 is 31.5. The number of nitriles is 1. The van der Waals surface area contributed by atoms with Crippen LogP contribution in [-0.2, 0) is 0 Å². The summed E-state index contributed by atoms with van der Waals surface area (Å²) >= 11 is 0. The van der Waals surface area contributed by atoms with E-state index in [0.29, 0.717) is 11.3 Å². The van der Waals surface area contributed by atoms with Gasteiger partial charge in [-0.3, -0.25) is 4.79 Å². The molecular weight excluding hydrogens is 264 g/mol.